The van der Waals surface area contributed by atoms with Crippen LogP contribution in [-0.4, -0.2) is 42.7 Å². The summed E-state index contributed by atoms with van der Waals surface area (Å²) in [4.78, 5) is 21.3. The number of carbonyl (C=O) groups is 1. The number of hydrogen-bond donors (Lipinski definition) is 1. The number of aromatic nitrogens is 2. The molecule has 0 aliphatic rings. The summed E-state index contributed by atoms with van der Waals surface area (Å²) in [5.74, 6) is 0.147. The Morgan fingerprint density at radius 2 is 2.31 bits per heavy atom. The Morgan fingerprint density at radius 3 is 2.88 bits per heavy atom. The molecule has 6 heteroatoms. The van der Waals surface area contributed by atoms with Crippen molar-refractivity contribution in [1.82, 2.24) is 9.97 Å². The van der Waals surface area contributed by atoms with Crippen molar-refractivity contribution in [2.45, 2.75) is 6.92 Å². The maximum atomic E-state index is 11.3. The highest BCUT2D eigenvalue weighted by Crippen LogP contribution is 2.09. The molecule has 0 aliphatic heterocycles. The quantitative estimate of drug-likeness (QED) is 0.712. The van der Waals surface area contributed by atoms with Crippen molar-refractivity contribution in [3.63, 3.8) is 0 Å². The first-order valence-electron chi connectivity index (χ1n) is 5.08. The van der Waals surface area contributed by atoms with Gasteiger partial charge in [0.2, 0.25) is 0 Å². The summed E-state index contributed by atoms with van der Waals surface area (Å²) < 4.78 is 4.58. The van der Waals surface area contributed by atoms with Crippen LogP contribution in [0.25, 0.3) is 0 Å². The summed E-state index contributed by atoms with van der Waals surface area (Å²) in [6.45, 7) is 3.95. The molecule has 0 unspecified atom stereocenters. The van der Waals surface area contributed by atoms with E-state index < -0.39 is 5.97 Å². The third-order valence-corrected chi connectivity index (χ3v) is 2.12. The minimum atomic E-state index is -0.488. The fourth-order valence-electron chi connectivity index (χ4n) is 1.30. The smallest absolute Gasteiger partial charge is 0.358 e. The number of esters is 1. The second kappa shape index (κ2) is 6.02. The highest BCUT2D eigenvalue weighted by atomic mass is 16.5. The summed E-state index contributed by atoms with van der Waals surface area (Å²) in [5.41, 5.74) is 5.69. The van der Waals surface area contributed by atoms with Crippen molar-refractivity contribution >= 4 is 11.8 Å². The van der Waals surface area contributed by atoms with Crippen molar-refractivity contribution in [1.29, 1.82) is 0 Å². The van der Waals surface area contributed by atoms with E-state index >= 15 is 0 Å². The minimum absolute atomic E-state index is 0.204. The van der Waals surface area contributed by atoms with Crippen LogP contribution in [0.2, 0.25) is 0 Å². The number of anilines is 1. The van der Waals surface area contributed by atoms with Gasteiger partial charge in [-0.3, -0.25) is 4.98 Å². The fourth-order valence-corrected chi connectivity index (χ4v) is 1.30. The number of ether oxygens (including phenoxy) is 1. The lowest BCUT2D eigenvalue weighted by atomic mass is 10.4. The summed E-state index contributed by atoms with van der Waals surface area (Å²) in [7, 11) is 1.31. The maximum Gasteiger partial charge on any atom is 0.358 e. The summed E-state index contributed by atoms with van der Waals surface area (Å²) in [6.07, 6.45) is 2.98. The maximum absolute atomic E-state index is 11.3. The van der Waals surface area contributed by atoms with Crippen LogP contribution in [0.1, 0.15) is 17.4 Å². The summed E-state index contributed by atoms with van der Waals surface area (Å²) in [5, 5.41) is 0. The summed E-state index contributed by atoms with van der Waals surface area (Å²) >= 11 is 0. The van der Waals surface area contributed by atoms with Crippen molar-refractivity contribution in [2.75, 3.05) is 31.6 Å². The number of nitrogens with zero attached hydrogens (tertiary/aromatic N) is 3. The van der Waals surface area contributed by atoms with Gasteiger partial charge in [-0.1, -0.05) is 0 Å². The van der Waals surface area contributed by atoms with Gasteiger partial charge in [0.1, 0.15) is 5.82 Å². The molecule has 0 saturated heterocycles. The molecule has 0 aromatic carbocycles. The minimum Gasteiger partial charge on any atom is -0.464 e. The Kier molecular flexibility index (Phi) is 4.65. The van der Waals surface area contributed by atoms with Crippen LogP contribution in [0.3, 0.4) is 0 Å². The molecule has 2 N–H and O–H groups in total. The largest absolute Gasteiger partial charge is 0.464 e. The average molecular weight is 224 g/mol. The lowest BCUT2D eigenvalue weighted by Gasteiger charge is -2.20. The molecule has 6 nitrogen and oxygen atoms in total. The molecule has 0 saturated carbocycles. The third kappa shape index (κ3) is 2.90. The molecule has 0 aliphatic carbocycles. The Morgan fingerprint density at radius 1 is 1.56 bits per heavy atom. The molecule has 16 heavy (non-hydrogen) atoms. The molecule has 0 spiro atoms. The van der Waals surface area contributed by atoms with E-state index in [9.17, 15) is 4.79 Å². The molecule has 0 radical (unpaired) electrons. The molecular weight excluding hydrogens is 208 g/mol. The molecule has 1 aromatic rings. The third-order valence-electron chi connectivity index (χ3n) is 2.12. The van der Waals surface area contributed by atoms with Crippen molar-refractivity contribution < 1.29 is 9.53 Å². The lowest BCUT2D eigenvalue weighted by molar-refractivity contribution is 0.0593. The molecule has 1 heterocycles. The van der Waals surface area contributed by atoms with E-state index in [1.165, 1.54) is 13.3 Å². The number of hydrogen-bond acceptors (Lipinski definition) is 6. The zero-order chi connectivity index (χ0) is 12.0. The number of likely N-dealkylation sites (N-methyl/N-ethyl adjacent to an activating group) is 1. The number of carbonyl (C=O) groups excluding carboxylic acids is 1. The van der Waals surface area contributed by atoms with Crippen molar-refractivity contribution in [2.24, 2.45) is 5.73 Å². The van der Waals surface area contributed by atoms with E-state index in [0.717, 1.165) is 6.54 Å². The second-order valence-electron chi connectivity index (χ2n) is 3.12. The Hall–Kier alpha value is -1.69. The van der Waals surface area contributed by atoms with Crippen LogP contribution in [0.4, 0.5) is 5.82 Å². The lowest BCUT2D eigenvalue weighted by Crippen LogP contribution is -2.30. The molecule has 0 atom stereocenters. The SMILES string of the molecule is CCN(CCN)c1cncc(C(=O)OC)n1. The Labute approximate surface area is 94.4 Å². The molecular formula is C10H16N4O2. The van der Waals surface area contributed by atoms with E-state index in [4.69, 9.17) is 5.73 Å². The normalized spacial score (nSPS) is 9.94. The predicted molar refractivity (Wildman–Crippen MR) is 60.3 cm³/mol. The summed E-state index contributed by atoms with van der Waals surface area (Å²) in [6, 6.07) is 0. The van der Waals surface area contributed by atoms with Crippen LogP contribution < -0.4 is 10.6 Å². The van der Waals surface area contributed by atoms with E-state index in [1.807, 2.05) is 11.8 Å². The number of nitrogens with two attached hydrogens (primary N) is 1. The molecule has 88 valence electrons. The Bertz CT molecular complexity index is 356. The van der Waals surface area contributed by atoms with Crippen molar-refractivity contribution in [3.8, 4) is 0 Å². The highest BCUT2D eigenvalue weighted by molar-refractivity contribution is 5.87. The van der Waals surface area contributed by atoms with E-state index in [-0.39, 0.29) is 5.69 Å². The van der Waals surface area contributed by atoms with Gasteiger partial charge in [0, 0.05) is 19.6 Å². The van der Waals surface area contributed by atoms with Gasteiger partial charge >= 0.3 is 5.97 Å². The van der Waals surface area contributed by atoms with E-state index in [1.54, 1.807) is 6.20 Å². The van der Waals surface area contributed by atoms with Gasteiger partial charge in [-0.2, -0.15) is 0 Å². The zero-order valence-corrected chi connectivity index (χ0v) is 9.51. The van der Waals surface area contributed by atoms with Gasteiger partial charge < -0.3 is 15.4 Å². The standard InChI is InChI=1S/C10H16N4O2/c1-3-14(5-4-11)9-7-12-6-8(13-9)10(15)16-2/h6-7H,3-5,11H2,1-2H3. The first-order valence-corrected chi connectivity index (χ1v) is 5.08. The first kappa shape index (κ1) is 12.4. The fraction of sp³-hybridized carbons (Fsp3) is 0.500. The molecule has 1 rings (SSSR count). The van der Waals surface area contributed by atoms with E-state index in [0.29, 0.717) is 18.9 Å². The van der Waals surface area contributed by atoms with Crippen LogP contribution in [0.5, 0.6) is 0 Å². The Balaban J connectivity index is 2.92. The molecule has 0 bridgehead atoms. The number of methoxy groups -OCH3 is 1. The van der Waals surface area contributed by atoms with Gasteiger partial charge in [-0.25, -0.2) is 9.78 Å². The van der Waals surface area contributed by atoms with Gasteiger partial charge in [0.15, 0.2) is 5.69 Å². The van der Waals surface area contributed by atoms with Crippen LogP contribution in [0, 0.1) is 0 Å². The molecule has 1 aromatic heterocycles. The number of rotatable bonds is 5. The van der Waals surface area contributed by atoms with Crippen LogP contribution >= 0.6 is 0 Å². The van der Waals surface area contributed by atoms with Crippen LogP contribution in [-0.2, 0) is 4.74 Å². The van der Waals surface area contributed by atoms with Gasteiger partial charge in [0.05, 0.1) is 19.5 Å². The first-order chi connectivity index (χ1) is 7.72. The van der Waals surface area contributed by atoms with Gasteiger partial charge in [-0.15, -0.1) is 0 Å². The topological polar surface area (TPSA) is 81.3 Å². The van der Waals surface area contributed by atoms with Crippen LogP contribution in [0.15, 0.2) is 12.4 Å². The molecule has 0 fully saturated rings. The highest BCUT2D eigenvalue weighted by Gasteiger charge is 2.11. The second-order valence-corrected chi connectivity index (χ2v) is 3.12. The predicted octanol–water partition coefficient (Wildman–Crippen LogP) is 0.0482. The monoisotopic (exact) mass is 224 g/mol. The van der Waals surface area contributed by atoms with Gasteiger partial charge in [-0.05, 0) is 6.92 Å². The van der Waals surface area contributed by atoms with E-state index in [2.05, 4.69) is 14.7 Å². The van der Waals surface area contributed by atoms with Gasteiger partial charge in [0.25, 0.3) is 0 Å². The zero-order valence-electron chi connectivity index (χ0n) is 9.51. The molecule has 0 amide bonds. The average Bonchev–Trinajstić information content (AvgIpc) is 2.35. The van der Waals surface area contributed by atoms with Crippen molar-refractivity contribution in [3.05, 3.63) is 18.1 Å².